The third-order valence-corrected chi connectivity index (χ3v) is 6.64. The lowest BCUT2D eigenvalue weighted by molar-refractivity contribution is 0.248. The molecule has 5 rings (SSSR count). The van der Waals surface area contributed by atoms with Crippen molar-refractivity contribution in [2.45, 2.75) is 20.4 Å². The molecule has 0 unspecified atom stereocenters. The van der Waals surface area contributed by atoms with Crippen molar-refractivity contribution in [2.75, 3.05) is 31.1 Å². The van der Waals surface area contributed by atoms with Gasteiger partial charge < -0.3 is 4.90 Å². The molecule has 0 aliphatic carbocycles. The Balaban J connectivity index is 0.00000162. The molecule has 4 heterocycles. The normalized spacial score (nSPS) is 13.9. The molecule has 0 amide bonds. The highest BCUT2D eigenvalue weighted by molar-refractivity contribution is 7.12. The zero-order valence-electron chi connectivity index (χ0n) is 18.9. The molecule has 1 aliphatic rings. The monoisotopic (exact) mass is 521 g/mol. The van der Waals surface area contributed by atoms with E-state index in [-0.39, 0.29) is 30.6 Å². The maximum absolute atomic E-state index is 13.4. The Bertz CT molecular complexity index is 1210. The standard InChI is InChI=1S/C23H24FN7S.2ClH/c1-16-20(17(2)31(28-16)23-27-9-14-32-23)15-29-10-12-30(13-11-29)22-21(25-7-8-26-22)18-3-5-19(24)6-4-18;;/h3-9,14H,10-13,15H2,1-2H3;2*1H. The number of hydrogen-bond donors (Lipinski definition) is 0. The molecule has 11 heteroatoms. The maximum atomic E-state index is 13.4. The summed E-state index contributed by atoms with van der Waals surface area (Å²) in [5.74, 6) is 0.597. The zero-order chi connectivity index (χ0) is 22.1. The number of rotatable bonds is 5. The van der Waals surface area contributed by atoms with Crippen LogP contribution >= 0.6 is 36.2 Å². The van der Waals surface area contributed by atoms with E-state index in [0.717, 1.165) is 66.3 Å². The van der Waals surface area contributed by atoms with Gasteiger partial charge in [-0.05, 0) is 38.1 Å². The second-order valence-electron chi connectivity index (χ2n) is 7.87. The molecule has 0 saturated carbocycles. The number of nitrogens with zero attached hydrogens (tertiary/aromatic N) is 7. The minimum atomic E-state index is -0.253. The van der Waals surface area contributed by atoms with E-state index in [1.54, 1.807) is 35.9 Å². The molecule has 0 bridgehead atoms. The van der Waals surface area contributed by atoms with Crippen LogP contribution < -0.4 is 4.90 Å². The molecule has 34 heavy (non-hydrogen) atoms. The first-order valence-corrected chi connectivity index (χ1v) is 11.5. The average molecular weight is 522 g/mol. The van der Waals surface area contributed by atoms with Crippen LogP contribution in [-0.4, -0.2) is 55.8 Å². The van der Waals surface area contributed by atoms with Crippen molar-refractivity contribution in [3.8, 4) is 16.4 Å². The van der Waals surface area contributed by atoms with Crippen molar-refractivity contribution < 1.29 is 4.39 Å². The van der Waals surface area contributed by atoms with Crippen molar-refractivity contribution in [1.29, 1.82) is 0 Å². The molecule has 0 radical (unpaired) electrons. The average Bonchev–Trinajstić information content (AvgIpc) is 3.44. The quantitative estimate of drug-likeness (QED) is 0.379. The third-order valence-electron chi connectivity index (χ3n) is 5.89. The minimum absolute atomic E-state index is 0. The minimum Gasteiger partial charge on any atom is -0.352 e. The SMILES string of the molecule is Cc1nn(-c2nccs2)c(C)c1CN1CCN(c2nccnc2-c2ccc(F)cc2)CC1.Cl.Cl. The van der Waals surface area contributed by atoms with E-state index in [9.17, 15) is 4.39 Å². The zero-order valence-corrected chi connectivity index (χ0v) is 21.3. The Morgan fingerprint density at radius 3 is 2.29 bits per heavy atom. The summed E-state index contributed by atoms with van der Waals surface area (Å²) in [6.07, 6.45) is 5.21. The maximum Gasteiger partial charge on any atom is 0.210 e. The topological polar surface area (TPSA) is 63.0 Å². The Kier molecular flexibility index (Phi) is 8.59. The van der Waals surface area contributed by atoms with Crippen molar-refractivity contribution in [2.24, 2.45) is 0 Å². The number of piperazine rings is 1. The first-order valence-electron chi connectivity index (χ1n) is 10.6. The summed E-state index contributed by atoms with van der Waals surface area (Å²) in [7, 11) is 0. The lowest BCUT2D eigenvalue weighted by Gasteiger charge is -2.36. The summed E-state index contributed by atoms with van der Waals surface area (Å²) >= 11 is 1.59. The number of aryl methyl sites for hydroxylation is 1. The second kappa shape index (κ2) is 11.2. The van der Waals surface area contributed by atoms with Gasteiger partial charge in [-0.3, -0.25) is 9.88 Å². The molecule has 180 valence electrons. The van der Waals surface area contributed by atoms with Crippen LogP contribution in [0.5, 0.6) is 0 Å². The number of hydrogen-bond acceptors (Lipinski definition) is 7. The van der Waals surface area contributed by atoms with E-state index >= 15 is 0 Å². The summed E-state index contributed by atoms with van der Waals surface area (Å²) in [6, 6.07) is 6.43. The van der Waals surface area contributed by atoms with E-state index in [4.69, 9.17) is 5.10 Å². The lowest BCUT2D eigenvalue weighted by atomic mass is 10.1. The predicted molar refractivity (Wildman–Crippen MR) is 138 cm³/mol. The molecule has 1 fully saturated rings. The van der Waals surface area contributed by atoms with Crippen LogP contribution in [0.2, 0.25) is 0 Å². The molecule has 1 saturated heterocycles. The van der Waals surface area contributed by atoms with E-state index < -0.39 is 0 Å². The van der Waals surface area contributed by atoms with Gasteiger partial charge >= 0.3 is 0 Å². The van der Waals surface area contributed by atoms with Gasteiger partial charge in [0, 0.05) is 73.5 Å². The first kappa shape index (κ1) is 26.0. The van der Waals surface area contributed by atoms with Crippen LogP contribution in [0.4, 0.5) is 10.2 Å². The van der Waals surface area contributed by atoms with Crippen molar-refractivity contribution in [3.63, 3.8) is 0 Å². The van der Waals surface area contributed by atoms with Gasteiger partial charge in [0.15, 0.2) is 5.82 Å². The fourth-order valence-electron chi connectivity index (χ4n) is 4.13. The number of aromatic nitrogens is 5. The van der Waals surface area contributed by atoms with Crippen LogP contribution in [0.25, 0.3) is 16.4 Å². The van der Waals surface area contributed by atoms with Gasteiger partial charge in [-0.15, -0.1) is 36.2 Å². The molecular weight excluding hydrogens is 496 g/mol. The highest BCUT2D eigenvalue weighted by Gasteiger charge is 2.23. The van der Waals surface area contributed by atoms with Gasteiger partial charge in [0.2, 0.25) is 5.13 Å². The van der Waals surface area contributed by atoms with Crippen LogP contribution in [0.15, 0.2) is 48.2 Å². The Morgan fingerprint density at radius 2 is 1.62 bits per heavy atom. The van der Waals surface area contributed by atoms with Gasteiger partial charge in [-0.1, -0.05) is 0 Å². The van der Waals surface area contributed by atoms with E-state index in [0.29, 0.717) is 0 Å². The highest BCUT2D eigenvalue weighted by atomic mass is 35.5. The Hall–Kier alpha value is -2.59. The van der Waals surface area contributed by atoms with Crippen LogP contribution in [0.1, 0.15) is 17.0 Å². The smallest absolute Gasteiger partial charge is 0.210 e. The second-order valence-corrected chi connectivity index (χ2v) is 8.75. The van der Waals surface area contributed by atoms with Crippen molar-refractivity contribution >= 4 is 42.0 Å². The summed E-state index contributed by atoms with van der Waals surface area (Å²) < 4.78 is 15.3. The third kappa shape index (κ3) is 5.22. The van der Waals surface area contributed by atoms with Gasteiger partial charge in [0.1, 0.15) is 11.5 Å². The molecule has 0 spiro atoms. The largest absolute Gasteiger partial charge is 0.352 e. The van der Waals surface area contributed by atoms with Crippen LogP contribution in [0.3, 0.4) is 0 Å². The molecule has 1 aromatic carbocycles. The molecular formula is C23H26Cl2FN7S. The number of halogens is 3. The lowest BCUT2D eigenvalue weighted by Crippen LogP contribution is -2.46. The first-order chi connectivity index (χ1) is 15.6. The van der Waals surface area contributed by atoms with Gasteiger partial charge in [0.05, 0.1) is 5.69 Å². The molecule has 1 aliphatic heterocycles. The fraction of sp³-hybridized carbons (Fsp3) is 0.304. The molecule has 7 nitrogen and oxygen atoms in total. The Morgan fingerprint density at radius 1 is 0.912 bits per heavy atom. The van der Waals surface area contributed by atoms with Gasteiger partial charge in [0.25, 0.3) is 0 Å². The van der Waals surface area contributed by atoms with E-state index in [1.807, 2.05) is 16.3 Å². The van der Waals surface area contributed by atoms with Gasteiger partial charge in [-0.25, -0.2) is 19.0 Å². The van der Waals surface area contributed by atoms with Crippen LogP contribution in [-0.2, 0) is 6.54 Å². The molecule has 3 aromatic heterocycles. The van der Waals surface area contributed by atoms with Gasteiger partial charge in [-0.2, -0.15) is 5.10 Å². The summed E-state index contributed by atoms with van der Waals surface area (Å²) in [6.45, 7) is 8.58. The van der Waals surface area contributed by atoms with E-state index in [1.165, 1.54) is 17.7 Å². The van der Waals surface area contributed by atoms with Crippen molar-refractivity contribution in [1.82, 2.24) is 29.6 Å². The molecule has 4 aromatic rings. The highest BCUT2D eigenvalue weighted by Crippen LogP contribution is 2.28. The molecule has 0 atom stereocenters. The van der Waals surface area contributed by atoms with E-state index in [2.05, 4.69) is 38.6 Å². The Labute approximate surface area is 214 Å². The molecule has 0 N–H and O–H groups in total. The fourth-order valence-corrected chi connectivity index (χ4v) is 4.77. The summed E-state index contributed by atoms with van der Waals surface area (Å²) in [5.41, 5.74) is 5.12. The predicted octanol–water partition coefficient (Wildman–Crippen LogP) is 4.71. The van der Waals surface area contributed by atoms with Crippen LogP contribution in [0, 0.1) is 19.7 Å². The number of benzene rings is 1. The summed E-state index contributed by atoms with van der Waals surface area (Å²) in [4.78, 5) is 18.2. The van der Waals surface area contributed by atoms with Crippen molar-refractivity contribution in [3.05, 3.63) is 71.0 Å². The number of thiazole rings is 1. The summed E-state index contributed by atoms with van der Waals surface area (Å²) in [5, 5.41) is 7.58. The number of anilines is 1.